The topological polar surface area (TPSA) is 73.9 Å². The van der Waals surface area contributed by atoms with Crippen LogP contribution in [-0.4, -0.2) is 22.6 Å². The zero-order valence-corrected chi connectivity index (χ0v) is 18.6. The fourth-order valence-corrected chi connectivity index (χ4v) is 4.46. The lowest BCUT2D eigenvalue weighted by Crippen LogP contribution is -2.14. The molecule has 0 heterocycles. The van der Waals surface area contributed by atoms with Gasteiger partial charge in [0, 0.05) is 15.6 Å². The van der Waals surface area contributed by atoms with Crippen molar-refractivity contribution >= 4 is 43.2 Å². The molecule has 0 radical (unpaired) electrons. The highest BCUT2D eigenvalue weighted by molar-refractivity contribution is 9.10. The second-order valence-electron chi connectivity index (χ2n) is 5.82. The first-order chi connectivity index (χ1) is 13.8. The van der Waals surface area contributed by atoms with E-state index in [-0.39, 0.29) is 22.1 Å². The zero-order chi connectivity index (χ0) is 21.0. The summed E-state index contributed by atoms with van der Waals surface area (Å²) in [5.74, 6) is 1.57. The Balaban J connectivity index is 1.98. The molecular formula is C20H17BrClNO5S. The van der Waals surface area contributed by atoms with E-state index < -0.39 is 10.0 Å². The van der Waals surface area contributed by atoms with Crippen LogP contribution in [0.2, 0.25) is 5.02 Å². The number of hydrogen-bond donors (Lipinski definition) is 1. The van der Waals surface area contributed by atoms with Crippen LogP contribution in [0.3, 0.4) is 0 Å². The van der Waals surface area contributed by atoms with Crippen molar-refractivity contribution in [3.8, 4) is 23.0 Å². The number of methoxy groups -OCH3 is 2. The van der Waals surface area contributed by atoms with Crippen LogP contribution in [-0.2, 0) is 10.0 Å². The van der Waals surface area contributed by atoms with Gasteiger partial charge in [-0.2, -0.15) is 0 Å². The van der Waals surface area contributed by atoms with Crippen molar-refractivity contribution in [2.24, 2.45) is 0 Å². The molecule has 0 saturated heterocycles. The molecule has 3 aromatic carbocycles. The predicted molar refractivity (Wildman–Crippen MR) is 116 cm³/mol. The number of rotatable bonds is 7. The summed E-state index contributed by atoms with van der Waals surface area (Å²) in [7, 11) is -1.04. The highest BCUT2D eigenvalue weighted by atomic mass is 79.9. The van der Waals surface area contributed by atoms with Crippen molar-refractivity contribution in [1.29, 1.82) is 0 Å². The second-order valence-corrected chi connectivity index (χ2v) is 8.83. The standard InChI is InChI=1S/C20H17BrClNO5S/c1-26-15-4-3-5-16(12-15)28-18-9-7-14(22)11-17(18)23-29(24,25)20-10-13(21)6-8-19(20)27-2/h3-12,23H,1-2H3. The Labute approximate surface area is 182 Å². The smallest absolute Gasteiger partial charge is 0.265 e. The molecule has 0 spiro atoms. The third kappa shape index (κ3) is 5.14. The van der Waals surface area contributed by atoms with Crippen molar-refractivity contribution < 1.29 is 22.6 Å². The van der Waals surface area contributed by atoms with Gasteiger partial charge in [-0.25, -0.2) is 8.42 Å². The summed E-state index contributed by atoms with van der Waals surface area (Å²) >= 11 is 9.37. The summed E-state index contributed by atoms with van der Waals surface area (Å²) in [5.41, 5.74) is 0.183. The molecule has 6 nitrogen and oxygen atoms in total. The van der Waals surface area contributed by atoms with E-state index in [1.54, 1.807) is 55.6 Å². The van der Waals surface area contributed by atoms with Gasteiger partial charge in [-0.3, -0.25) is 4.72 Å². The number of ether oxygens (including phenoxy) is 3. The van der Waals surface area contributed by atoms with Gasteiger partial charge in [0.05, 0.1) is 19.9 Å². The van der Waals surface area contributed by atoms with E-state index in [4.69, 9.17) is 25.8 Å². The van der Waals surface area contributed by atoms with E-state index >= 15 is 0 Å². The van der Waals surface area contributed by atoms with E-state index in [9.17, 15) is 8.42 Å². The molecular weight excluding hydrogens is 482 g/mol. The Morgan fingerprint density at radius 3 is 2.34 bits per heavy atom. The van der Waals surface area contributed by atoms with Crippen LogP contribution < -0.4 is 18.9 Å². The molecule has 1 N–H and O–H groups in total. The van der Waals surface area contributed by atoms with Gasteiger partial charge in [-0.05, 0) is 48.5 Å². The maximum Gasteiger partial charge on any atom is 0.265 e. The minimum atomic E-state index is -3.99. The van der Waals surface area contributed by atoms with Crippen LogP contribution in [0.15, 0.2) is 70.0 Å². The Kier molecular flexibility index (Phi) is 6.56. The monoisotopic (exact) mass is 497 g/mol. The van der Waals surface area contributed by atoms with E-state index in [1.807, 2.05) is 0 Å². The molecule has 0 unspecified atom stereocenters. The van der Waals surface area contributed by atoms with Gasteiger partial charge in [0.2, 0.25) is 0 Å². The molecule has 29 heavy (non-hydrogen) atoms. The average molecular weight is 499 g/mol. The molecule has 0 aliphatic heterocycles. The minimum Gasteiger partial charge on any atom is -0.497 e. The first kappa shape index (κ1) is 21.3. The largest absolute Gasteiger partial charge is 0.497 e. The van der Waals surface area contributed by atoms with E-state index in [1.165, 1.54) is 19.2 Å². The van der Waals surface area contributed by atoms with Crippen molar-refractivity contribution in [1.82, 2.24) is 0 Å². The molecule has 0 amide bonds. The molecule has 0 saturated carbocycles. The first-order valence-electron chi connectivity index (χ1n) is 8.30. The lowest BCUT2D eigenvalue weighted by Gasteiger charge is -2.16. The van der Waals surface area contributed by atoms with Crippen LogP contribution in [0, 0.1) is 0 Å². The highest BCUT2D eigenvalue weighted by Crippen LogP contribution is 2.36. The lowest BCUT2D eigenvalue weighted by molar-refractivity contribution is 0.402. The van der Waals surface area contributed by atoms with E-state index in [0.29, 0.717) is 21.0 Å². The molecule has 9 heteroatoms. The van der Waals surface area contributed by atoms with Crippen LogP contribution >= 0.6 is 27.5 Å². The van der Waals surface area contributed by atoms with Crippen molar-refractivity contribution in [3.05, 3.63) is 70.2 Å². The molecule has 0 aromatic heterocycles. The lowest BCUT2D eigenvalue weighted by atomic mass is 10.3. The summed E-state index contributed by atoms with van der Waals surface area (Å²) in [6.07, 6.45) is 0. The summed E-state index contributed by atoms with van der Waals surface area (Å²) < 4.78 is 45.4. The number of sulfonamides is 1. The molecule has 0 aliphatic carbocycles. The Morgan fingerprint density at radius 2 is 1.62 bits per heavy atom. The van der Waals surface area contributed by atoms with Crippen LogP contribution in [0.25, 0.3) is 0 Å². The third-order valence-corrected chi connectivity index (χ3v) is 5.99. The average Bonchev–Trinajstić information content (AvgIpc) is 2.70. The third-order valence-electron chi connectivity index (χ3n) is 3.87. The number of anilines is 1. The number of nitrogens with one attached hydrogen (secondary N) is 1. The second kappa shape index (κ2) is 8.94. The fourth-order valence-electron chi connectivity index (χ4n) is 2.52. The Morgan fingerprint density at radius 1 is 0.897 bits per heavy atom. The van der Waals surface area contributed by atoms with Crippen molar-refractivity contribution in [2.45, 2.75) is 4.90 Å². The Bertz CT molecular complexity index is 1140. The predicted octanol–water partition coefficient (Wildman–Crippen LogP) is 5.71. The van der Waals surface area contributed by atoms with Crippen LogP contribution in [0.5, 0.6) is 23.0 Å². The normalized spacial score (nSPS) is 11.0. The van der Waals surface area contributed by atoms with Gasteiger partial charge < -0.3 is 14.2 Å². The summed E-state index contributed by atoms with van der Waals surface area (Å²) in [6.45, 7) is 0. The van der Waals surface area contributed by atoms with Crippen molar-refractivity contribution in [2.75, 3.05) is 18.9 Å². The minimum absolute atomic E-state index is 0.0262. The molecule has 0 aliphatic rings. The fraction of sp³-hybridized carbons (Fsp3) is 0.100. The molecule has 0 atom stereocenters. The Hall–Kier alpha value is -2.42. The molecule has 152 valence electrons. The van der Waals surface area contributed by atoms with Crippen LogP contribution in [0.1, 0.15) is 0 Å². The number of benzene rings is 3. The highest BCUT2D eigenvalue weighted by Gasteiger charge is 2.22. The zero-order valence-electron chi connectivity index (χ0n) is 15.5. The number of halogens is 2. The number of hydrogen-bond acceptors (Lipinski definition) is 5. The first-order valence-corrected chi connectivity index (χ1v) is 11.0. The van der Waals surface area contributed by atoms with E-state index in [2.05, 4.69) is 20.7 Å². The summed E-state index contributed by atoms with van der Waals surface area (Å²) in [5, 5.41) is 0.349. The summed E-state index contributed by atoms with van der Waals surface area (Å²) in [4.78, 5) is -0.0262. The quantitative estimate of drug-likeness (QED) is 0.451. The SMILES string of the molecule is COc1cccc(Oc2ccc(Cl)cc2NS(=O)(=O)c2cc(Br)ccc2OC)c1. The van der Waals surface area contributed by atoms with Crippen molar-refractivity contribution in [3.63, 3.8) is 0 Å². The van der Waals surface area contributed by atoms with Gasteiger partial charge in [-0.15, -0.1) is 0 Å². The van der Waals surface area contributed by atoms with Gasteiger partial charge in [0.15, 0.2) is 5.75 Å². The van der Waals surface area contributed by atoms with E-state index in [0.717, 1.165) is 0 Å². The molecule has 0 bridgehead atoms. The van der Waals surface area contributed by atoms with Gasteiger partial charge in [-0.1, -0.05) is 33.6 Å². The maximum absolute atomic E-state index is 13.0. The van der Waals surface area contributed by atoms with Gasteiger partial charge in [0.25, 0.3) is 10.0 Å². The van der Waals surface area contributed by atoms with Gasteiger partial charge >= 0.3 is 0 Å². The van der Waals surface area contributed by atoms with Gasteiger partial charge in [0.1, 0.15) is 22.1 Å². The van der Waals surface area contributed by atoms with Crippen LogP contribution in [0.4, 0.5) is 5.69 Å². The molecule has 3 aromatic rings. The maximum atomic E-state index is 13.0. The molecule has 0 fully saturated rings. The summed E-state index contributed by atoms with van der Waals surface area (Å²) in [6, 6.07) is 16.3. The molecule has 3 rings (SSSR count).